The van der Waals surface area contributed by atoms with Gasteiger partial charge in [0.15, 0.2) is 5.69 Å². The third kappa shape index (κ3) is 1.93. The van der Waals surface area contributed by atoms with Gasteiger partial charge < -0.3 is 10.4 Å². The Morgan fingerprint density at radius 2 is 2.10 bits per heavy atom. The quantitative estimate of drug-likeness (QED) is 0.787. The molecule has 1 amide bonds. The molecule has 1 aliphatic carbocycles. The highest BCUT2D eigenvalue weighted by Gasteiger charge is 2.44. The lowest BCUT2D eigenvalue weighted by atomic mass is 9.69. The first-order chi connectivity index (χ1) is 9.62. The van der Waals surface area contributed by atoms with Gasteiger partial charge in [-0.25, -0.2) is 0 Å². The van der Waals surface area contributed by atoms with E-state index >= 15 is 0 Å². The van der Waals surface area contributed by atoms with Crippen molar-refractivity contribution in [2.45, 2.75) is 19.3 Å². The third-order valence-corrected chi connectivity index (χ3v) is 4.04. The van der Waals surface area contributed by atoms with Gasteiger partial charge in [-0.05, 0) is 18.9 Å². The Hall–Kier alpha value is -2.37. The highest BCUT2D eigenvalue weighted by Crippen LogP contribution is 2.40. The maximum atomic E-state index is 12.1. The number of aromatic nitrogens is 2. The number of hydrogen-bond acceptors (Lipinski definition) is 3. The van der Waals surface area contributed by atoms with Crippen molar-refractivity contribution in [3.8, 4) is 0 Å². The monoisotopic (exact) mass is 273 g/mol. The summed E-state index contributed by atoms with van der Waals surface area (Å²) in [4.78, 5) is 23.4. The van der Waals surface area contributed by atoms with Crippen molar-refractivity contribution in [1.82, 2.24) is 15.5 Å². The van der Waals surface area contributed by atoms with E-state index in [1.165, 1.54) is 0 Å². The SMILES string of the molecule is O=C(NCC1(C(=O)O)CCC1)c1n[nH]c2ccccc12. The standard InChI is InChI=1S/C14H15N3O3/c18-12(15-8-14(13(19)20)6-3-7-14)11-9-4-1-2-5-10(9)16-17-11/h1-2,4-5H,3,6-8H2,(H,15,18)(H,16,17)(H,19,20). The molecule has 0 unspecified atom stereocenters. The fourth-order valence-electron chi connectivity index (χ4n) is 2.54. The highest BCUT2D eigenvalue weighted by molar-refractivity contribution is 6.04. The number of H-pyrrole nitrogens is 1. The molecule has 0 aliphatic heterocycles. The van der Waals surface area contributed by atoms with Crippen LogP contribution in [-0.2, 0) is 4.79 Å². The average molecular weight is 273 g/mol. The van der Waals surface area contributed by atoms with Gasteiger partial charge in [0.05, 0.1) is 10.9 Å². The number of aromatic amines is 1. The minimum atomic E-state index is -0.837. The number of nitrogens with zero attached hydrogens (tertiary/aromatic N) is 1. The summed E-state index contributed by atoms with van der Waals surface area (Å²) >= 11 is 0. The second kappa shape index (κ2) is 4.63. The van der Waals surface area contributed by atoms with E-state index in [0.717, 1.165) is 17.3 Å². The van der Waals surface area contributed by atoms with Crippen molar-refractivity contribution in [1.29, 1.82) is 0 Å². The van der Waals surface area contributed by atoms with E-state index in [0.29, 0.717) is 18.5 Å². The van der Waals surface area contributed by atoms with E-state index in [1.54, 1.807) is 0 Å². The zero-order valence-corrected chi connectivity index (χ0v) is 10.8. The second-order valence-electron chi connectivity index (χ2n) is 5.24. The Morgan fingerprint density at radius 1 is 1.35 bits per heavy atom. The summed E-state index contributed by atoms with van der Waals surface area (Å²) in [5.74, 6) is -1.18. The number of para-hydroxylation sites is 1. The number of carbonyl (C=O) groups excluding carboxylic acids is 1. The van der Waals surface area contributed by atoms with Gasteiger partial charge in [0, 0.05) is 11.9 Å². The molecule has 1 saturated carbocycles. The van der Waals surface area contributed by atoms with Crippen LogP contribution in [0.1, 0.15) is 29.8 Å². The molecule has 0 saturated heterocycles. The Morgan fingerprint density at radius 3 is 2.75 bits per heavy atom. The predicted molar refractivity (Wildman–Crippen MR) is 72.3 cm³/mol. The Balaban J connectivity index is 1.75. The maximum absolute atomic E-state index is 12.1. The third-order valence-electron chi connectivity index (χ3n) is 4.04. The molecule has 0 radical (unpaired) electrons. The van der Waals surface area contributed by atoms with Gasteiger partial charge in [-0.15, -0.1) is 0 Å². The molecule has 1 fully saturated rings. The molecule has 1 aromatic heterocycles. The largest absolute Gasteiger partial charge is 0.481 e. The fourth-order valence-corrected chi connectivity index (χ4v) is 2.54. The minimum Gasteiger partial charge on any atom is -0.481 e. The van der Waals surface area contributed by atoms with Crippen molar-refractivity contribution in [3.05, 3.63) is 30.0 Å². The lowest BCUT2D eigenvalue weighted by Crippen LogP contribution is -2.47. The summed E-state index contributed by atoms with van der Waals surface area (Å²) in [5, 5.41) is 19.5. The molecular weight excluding hydrogens is 258 g/mol. The lowest BCUT2D eigenvalue weighted by Gasteiger charge is -2.37. The molecule has 2 aromatic rings. The molecule has 20 heavy (non-hydrogen) atoms. The number of carboxylic acids is 1. The zero-order chi connectivity index (χ0) is 14.2. The van der Waals surface area contributed by atoms with Crippen molar-refractivity contribution in [2.24, 2.45) is 5.41 Å². The molecule has 6 nitrogen and oxygen atoms in total. The average Bonchev–Trinajstić information content (AvgIpc) is 2.80. The Kier molecular flexibility index (Phi) is 2.93. The van der Waals surface area contributed by atoms with Crippen molar-refractivity contribution in [3.63, 3.8) is 0 Å². The molecule has 3 rings (SSSR count). The highest BCUT2D eigenvalue weighted by atomic mass is 16.4. The molecule has 0 spiro atoms. The van der Waals surface area contributed by atoms with E-state index in [-0.39, 0.29) is 12.5 Å². The van der Waals surface area contributed by atoms with Crippen molar-refractivity contribution in [2.75, 3.05) is 6.54 Å². The van der Waals surface area contributed by atoms with Crippen LogP contribution < -0.4 is 5.32 Å². The van der Waals surface area contributed by atoms with Crippen LogP contribution in [0.25, 0.3) is 10.9 Å². The lowest BCUT2D eigenvalue weighted by molar-refractivity contribution is -0.153. The van der Waals surface area contributed by atoms with Crippen LogP contribution >= 0.6 is 0 Å². The van der Waals surface area contributed by atoms with E-state index < -0.39 is 11.4 Å². The van der Waals surface area contributed by atoms with Crippen LogP contribution in [0.5, 0.6) is 0 Å². The van der Waals surface area contributed by atoms with Crippen LogP contribution in [-0.4, -0.2) is 33.7 Å². The first kappa shape index (κ1) is 12.7. The summed E-state index contributed by atoms with van der Waals surface area (Å²) in [6.45, 7) is 0.155. The molecular formula is C14H15N3O3. The van der Waals surface area contributed by atoms with Gasteiger partial charge >= 0.3 is 5.97 Å². The number of aliphatic carboxylic acids is 1. The summed E-state index contributed by atoms with van der Waals surface area (Å²) < 4.78 is 0. The maximum Gasteiger partial charge on any atom is 0.311 e. The van der Waals surface area contributed by atoms with Gasteiger partial charge in [-0.1, -0.05) is 24.6 Å². The van der Waals surface area contributed by atoms with E-state index in [2.05, 4.69) is 15.5 Å². The van der Waals surface area contributed by atoms with E-state index in [1.807, 2.05) is 24.3 Å². The van der Waals surface area contributed by atoms with Crippen molar-refractivity contribution < 1.29 is 14.7 Å². The Labute approximate surface area is 115 Å². The van der Waals surface area contributed by atoms with Crippen LogP contribution in [0, 0.1) is 5.41 Å². The van der Waals surface area contributed by atoms with Gasteiger partial charge in [0.2, 0.25) is 0 Å². The number of carboxylic acid groups (broad SMARTS) is 1. The molecule has 1 heterocycles. The molecule has 0 atom stereocenters. The fraction of sp³-hybridized carbons (Fsp3) is 0.357. The minimum absolute atomic E-state index is 0.155. The van der Waals surface area contributed by atoms with E-state index in [9.17, 15) is 14.7 Å². The van der Waals surface area contributed by atoms with Crippen LogP contribution in [0.15, 0.2) is 24.3 Å². The Bertz CT molecular complexity index is 673. The topological polar surface area (TPSA) is 95.1 Å². The van der Waals surface area contributed by atoms with Crippen LogP contribution in [0.3, 0.4) is 0 Å². The van der Waals surface area contributed by atoms with Crippen LogP contribution in [0.2, 0.25) is 0 Å². The summed E-state index contributed by atoms with van der Waals surface area (Å²) in [6.07, 6.45) is 2.13. The number of amides is 1. The predicted octanol–water partition coefficient (Wildman–Crippen LogP) is 1.55. The molecule has 1 aromatic carbocycles. The molecule has 1 aliphatic rings. The summed E-state index contributed by atoms with van der Waals surface area (Å²) in [7, 11) is 0. The number of rotatable bonds is 4. The second-order valence-corrected chi connectivity index (χ2v) is 5.24. The van der Waals surface area contributed by atoms with Gasteiger partial charge in [-0.2, -0.15) is 5.10 Å². The number of hydrogen-bond donors (Lipinski definition) is 3. The first-order valence-corrected chi connectivity index (χ1v) is 6.57. The molecule has 6 heteroatoms. The number of nitrogens with one attached hydrogen (secondary N) is 2. The number of fused-ring (bicyclic) bond motifs is 1. The van der Waals surface area contributed by atoms with Crippen LogP contribution in [0.4, 0.5) is 0 Å². The zero-order valence-electron chi connectivity index (χ0n) is 10.8. The number of benzene rings is 1. The molecule has 3 N–H and O–H groups in total. The van der Waals surface area contributed by atoms with Gasteiger partial charge in [-0.3, -0.25) is 14.7 Å². The first-order valence-electron chi connectivity index (χ1n) is 6.57. The molecule has 0 bridgehead atoms. The summed E-state index contributed by atoms with van der Waals surface area (Å²) in [5.41, 5.74) is 0.302. The van der Waals surface area contributed by atoms with Gasteiger partial charge in [0.1, 0.15) is 0 Å². The van der Waals surface area contributed by atoms with E-state index in [4.69, 9.17) is 0 Å². The normalized spacial score (nSPS) is 16.6. The smallest absolute Gasteiger partial charge is 0.311 e. The number of carbonyl (C=O) groups is 2. The summed E-state index contributed by atoms with van der Waals surface area (Å²) in [6, 6.07) is 7.34. The molecule has 104 valence electrons. The van der Waals surface area contributed by atoms with Crippen molar-refractivity contribution >= 4 is 22.8 Å². The van der Waals surface area contributed by atoms with Gasteiger partial charge in [0.25, 0.3) is 5.91 Å².